The average molecular weight is 678 g/mol. The standard InChI is InChI=1S/C32H38F2N4O10/c1-15-19(26(32(47)48)37-25(15)22(16(2)39)31(37)46)14-38(3,12-4-10-35-29(44)17-6-8-20(40)27(42)23(17)33)13-5-11-36-30(45)18-7-9-21(41)28(43)24(18)34/h6-9,15-16,22,25,39H,4-5,10-14H2,1-3H3,(H6-,35,36,40,41,42,43,44,45,47,48)/p+1/t15-,16+,22+,25+/m0/s1. The van der Waals surface area contributed by atoms with Gasteiger partial charge in [0.05, 0.1) is 49.3 Å². The second-order valence-corrected chi connectivity index (χ2v) is 12.5. The van der Waals surface area contributed by atoms with Gasteiger partial charge in [0.15, 0.2) is 34.6 Å². The summed E-state index contributed by atoms with van der Waals surface area (Å²) in [7, 11) is 1.82. The zero-order valence-electron chi connectivity index (χ0n) is 26.5. The van der Waals surface area contributed by atoms with Crippen molar-refractivity contribution in [1.29, 1.82) is 0 Å². The smallest absolute Gasteiger partial charge is 0.352 e. The zero-order valence-corrected chi connectivity index (χ0v) is 26.5. The fourth-order valence-corrected chi connectivity index (χ4v) is 6.51. The number of halogens is 2. The largest absolute Gasteiger partial charge is 0.504 e. The van der Waals surface area contributed by atoms with Gasteiger partial charge in [0.25, 0.3) is 11.8 Å². The van der Waals surface area contributed by atoms with Crippen molar-refractivity contribution in [2.75, 3.05) is 39.8 Å². The number of aromatic hydroxyl groups is 4. The third kappa shape index (κ3) is 6.85. The Morgan fingerprint density at radius 3 is 1.77 bits per heavy atom. The Labute approximate surface area is 274 Å². The molecule has 0 unspecified atom stereocenters. The number of hydrogen-bond acceptors (Lipinski definition) is 9. The van der Waals surface area contributed by atoms with Crippen LogP contribution in [0.5, 0.6) is 23.0 Å². The minimum absolute atomic E-state index is 0.0475. The van der Waals surface area contributed by atoms with Crippen molar-refractivity contribution in [2.45, 2.75) is 38.8 Å². The monoisotopic (exact) mass is 677 g/mol. The molecule has 2 aliphatic rings. The molecule has 2 aromatic carbocycles. The van der Waals surface area contributed by atoms with Crippen LogP contribution in [0.3, 0.4) is 0 Å². The van der Waals surface area contributed by atoms with Crippen LogP contribution in [0.1, 0.15) is 47.4 Å². The highest BCUT2D eigenvalue weighted by atomic mass is 19.1. The third-order valence-corrected chi connectivity index (χ3v) is 9.07. The average Bonchev–Trinajstić information content (AvgIpc) is 3.26. The predicted octanol–water partition coefficient (Wildman–Crippen LogP) is 1.37. The zero-order chi connectivity index (χ0) is 35.7. The molecule has 8 N–H and O–H groups in total. The SMILES string of the molecule is C[C@@H](O)[C@H]1C(=O)N2C(C(=O)O)=C(C[N+](C)(CCCNC(=O)c3ccc(O)c(O)c3F)CCCNC(=O)c3ccc(O)c(O)c3F)[C@H](C)[C@H]12. The van der Waals surface area contributed by atoms with Crippen molar-refractivity contribution in [3.63, 3.8) is 0 Å². The number of aliphatic carboxylic acids is 1. The Kier molecular flexibility index (Phi) is 10.5. The summed E-state index contributed by atoms with van der Waals surface area (Å²) in [4.78, 5) is 51.6. The fraction of sp³-hybridized carbons (Fsp3) is 0.438. The number of aliphatic hydroxyl groups excluding tert-OH is 1. The summed E-state index contributed by atoms with van der Waals surface area (Å²) < 4.78 is 28.8. The number of rotatable bonds is 14. The quantitative estimate of drug-likeness (QED) is 0.0622. The molecule has 2 aliphatic heterocycles. The number of carbonyl (C=O) groups is 4. The van der Waals surface area contributed by atoms with Gasteiger partial charge in [-0.1, -0.05) is 6.92 Å². The number of aliphatic hydroxyl groups is 1. The van der Waals surface area contributed by atoms with Gasteiger partial charge in [0.1, 0.15) is 12.2 Å². The first-order valence-electron chi connectivity index (χ1n) is 15.3. The molecule has 2 aromatic rings. The molecular weight excluding hydrogens is 638 g/mol. The first-order chi connectivity index (χ1) is 22.5. The van der Waals surface area contributed by atoms with Gasteiger partial charge in [-0.3, -0.25) is 14.4 Å². The molecular formula is C32H39F2N4O10+. The lowest BCUT2D eigenvalue weighted by molar-refractivity contribution is -0.905. The number of fused-ring (bicyclic) bond motifs is 1. The van der Waals surface area contributed by atoms with E-state index in [1.165, 1.54) is 11.8 Å². The Bertz CT molecular complexity index is 1590. The van der Waals surface area contributed by atoms with E-state index in [1.807, 2.05) is 7.05 Å². The van der Waals surface area contributed by atoms with Crippen molar-refractivity contribution in [3.05, 3.63) is 58.3 Å². The number of nitrogens with one attached hydrogen (secondary N) is 2. The van der Waals surface area contributed by atoms with E-state index in [2.05, 4.69) is 10.6 Å². The highest BCUT2D eigenvalue weighted by Gasteiger charge is 2.60. The fourth-order valence-electron chi connectivity index (χ4n) is 6.51. The number of quaternary nitrogens is 1. The number of nitrogens with zero attached hydrogens (tertiary/aromatic N) is 2. The van der Waals surface area contributed by atoms with Gasteiger partial charge in [0, 0.05) is 37.4 Å². The minimum Gasteiger partial charge on any atom is -0.504 e. The van der Waals surface area contributed by atoms with Gasteiger partial charge in [-0.05, 0) is 31.2 Å². The summed E-state index contributed by atoms with van der Waals surface area (Å²) in [6.07, 6.45) is -0.362. The van der Waals surface area contributed by atoms with E-state index in [0.29, 0.717) is 31.5 Å². The van der Waals surface area contributed by atoms with E-state index in [0.717, 1.165) is 24.3 Å². The number of hydrogen-bond donors (Lipinski definition) is 8. The van der Waals surface area contributed by atoms with Crippen molar-refractivity contribution in [3.8, 4) is 23.0 Å². The summed E-state index contributed by atoms with van der Waals surface area (Å²) in [5, 5.41) is 63.5. The highest BCUT2D eigenvalue weighted by Crippen LogP contribution is 2.47. The maximum Gasteiger partial charge on any atom is 0.352 e. The lowest BCUT2D eigenvalue weighted by Gasteiger charge is -2.46. The van der Waals surface area contributed by atoms with Crippen molar-refractivity contribution in [2.24, 2.45) is 11.8 Å². The lowest BCUT2D eigenvalue weighted by Crippen LogP contribution is -2.63. The molecule has 0 aromatic heterocycles. The van der Waals surface area contributed by atoms with E-state index in [4.69, 9.17) is 0 Å². The Morgan fingerprint density at radius 1 is 0.896 bits per heavy atom. The van der Waals surface area contributed by atoms with Crippen LogP contribution in [0.2, 0.25) is 0 Å². The second-order valence-electron chi connectivity index (χ2n) is 12.5. The third-order valence-electron chi connectivity index (χ3n) is 9.07. The van der Waals surface area contributed by atoms with Gasteiger partial charge in [-0.15, -0.1) is 0 Å². The predicted molar refractivity (Wildman–Crippen MR) is 164 cm³/mol. The van der Waals surface area contributed by atoms with Crippen LogP contribution >= 0.6 is 0 Å². The van der Waals surface area contributed by atoms with Crippen LogP contribution in [-0.4, -0.2) is 116 Å². The highest BCUT2D eigenvalue weighted by molar-refractivity contribution is 6.00. The summed E-state index contributed by atoms with van der Waals surface area (Å²) in [6.45, 7) is 4.18. The number of β-lactam (4-membered cyclic amide) rings is 1. The molecule has 4 rings (SSSR count). The van der Waals surface area contributed by atoms with E-state index < -0.39 is 93.4 Å². The molecule has 0 radical (unpaired) electrons. The molecule has 1 fully saturated rings. The topological polar surface area (TPSA) is 217 Å². The number of phenolic OH excluding ortho intramolecular Hbond substituents is 4. The lowest BCUT2D eigenvalue weighted by atomic mass is 9.77. The minimum atomic E-state index is -1.29. The number of benzene rings is 2. The molecule has 260 valence electrons. The first kappa shape index (κ1) is 35.9. The molecule has 1 saturated heterocycles. The summed E-state index contributed by atoms with van der Waals surface area (Å²) in [5.41, 5.74) is -0.613. The Morgan fingerprint density at radius 2 is 1.35 bits per heavy atom. The number of carboxylic acid groups (broad SMARTS) is 1. The number of carbonyl (C=O) groups excluding carboxylic acids is 3. The maximum atomic E-state index is 14.3. The molecule has 0 spiro atoms. The summed E-state index contributed by atoms with van der Waals surface area (Å²) in [6, 6.07) is 3.47. The Balaban J connectivity index is 1.48. The first-order valence-corrected chi connectivity index (χ1v) is 15.3. The van der Waals surface area contributed by atoms with Gasteiger partial charge in [-0.25, -0.2) is 13.6 Å². The van der Waals surface area contributed by atoms with Crippen LogP contribution in [0.4, 0.5) is 8.78 Å². The number of amides is 3. The number of likely N-dealkylation sites (N-methyl/N-ethyl adjacent to an activating group) is 1. The van der Waals surface area contributed by atoms with E-state index in [-0.39, 0.29) is 29.8 Å². The molecule has 16 heteroatoms. The molecule has 0 saturated carbocycles. The van der Waals surface area contributed by atoms with Crippen LogP contribution < -0.4 is 10.6 Å². The van der Waals surface area contributed by atoms with E-state index in [9.17, 15) is 58.6 Å². The second kappa shape index (κ2) is 14.0. The van der Waals surface area contributed by atoms with Gasteiger partial charge in [0.2, 0.25) is 5.91 Å². The molecule has 0 bridgehead atoms. The molecule has 3 amide bonds. The van der Waals surface area contributed by atoms with E-state index in [1.54, 1.807) is 6.92 Å². The van der Waals surface area contributed by atoms with Crippen molar-refractivity contribution < 1.29 is 63.1 Å². The van der Waals surface area contributed by atoms with Gasteiger partial charge >= 0.3 is 5.97 Å². The maximum absolute atomic E-state index is 14.3. The van der Waals surface area contributed by atoms with E-state index >= 15 is 0 Å². The summed E-state index contributed by atoms with van der Waals surface area (Å²) >= 11 is 0. The molecule has 0 aliphatic carbocycles. The molecule has 2 heterocycles. The Hall–Kier alpha value is -4.96. The van der Waals surface area contributed by atoms with Crippen LogP contribution in [0, 0.1) is 23.5 Å². The molecule has 48 heavy (non-hydrogen) atoms. The van der Waals surface area contributed by atoms with Crippen LogP contribution in [-0.2, 0) is 9.59 Å². The van der Waals surface area contributed by atoms with Crippen LogP contribution in [0.25, 0.3) is 0 Å². The molecule has 14 nitrogen and oxygen atoms in total. The van der Waals surface area contributed by atoms with Crippen LogP contribution in [0.15, 0.2) is 35.5 Å². The van der Waals surface area contributed by atoms with Gasteiger partial charge in [-0.2, -0.15) is 0 Å². The normalized spacial score (nSPS) is 19.5. The van der Waals surface area contributed by atoms with Crippen molar-refractivity contribution >= 4 is 23.7 Å². The number of phenols is 4. The molecule has 4 atom stereocenters. The summed E-state index contributed by atoms with van der Waals surface area (Å²) in [5.74, 6) is -10.7. The number of carboxylic acids is 1. The van der Waals surface area contributed by atoms with Crippen molar-refractivity contribution in [1.82, 2.24) is 15.5 Å². The van der Waals surface area contributed by atoms with Gasteiger partial charge < -0.3 is 50.7 Å².